The molecule has 26 heavy (non-hydrogen) atoms. The number of anilines is 2. The maximum Gasteiger partial charge on any atom is 0.159 e. The van der Waals surface area contributed by atoms with Crippen LogP contribution in [0.2, 0.25) is 0 Å². The van der Waals surface area contributed by atoms with Crippen LogP contribution in [0.3, 0.4) is 0 Å². The average molecular weight is 349 g/mol. The maximum absolute atomic E-state index is 11.7. The van der Waals surface area contributed by atoms with Crippen molar-refractivity contribution in [2.75, 3.05) is 43.1 Å². The van der Waals surface area contributed by atoms with E-state index in [1.54, 1.807) is 26.2 Å². The molecule has 2 aromatic carbocycles. The molecule has 0 amide bonds. The molecular formula is C21H23N3O2. The van der Waals surface area contributed by atoms with Crippen molar-refractivity contribution in [3.8, 4) is 11.8 Å². The second kappa shape index (κ2) is 7.92. The third kappa shape index (κ3) is 3.80. The first-order valence-electron chi connectivity index (χ1n) is 8.81. The molecule has 0 atom stereocenters. The van der Waals surface area contributed by atoms with Gasteiger partial charge in [0.15, 0.2) is 5.78 Å². The van der Waals surface area contributed by atoms with E-state index in [0.717, 1.165) is 44.0 Å². The molecule has 0 saturated carbocycles. The zero-order valence-electron chi connectivity index (χ0n) is 15.2. The third-order valence-corrected chi connectivity index (χ3v) is 4.80. The molecule has 1 heterocycles. The van der Waals surface area contributed by atoms with E-state index in [2.05, 4.69) is 28.0 Å². The van der Waals surface area contributed by atoms with Gasteiger partial charge in [0.1, 0.15) is 11.8 Å². The molecule has 0 bridgehead atoms. The van der Waals surface area contributed by atoms with Gasteiger partial charge in [0.2, 0.25) is 0 Å². The van der Waals surface area contributed by atoms with Gasteiger partial charge in [0.05, 0.1) is 18.4 Å². The Morgan fingerprint density at radius 1 is 1.04 bits per heavy atom. The molecule has 0 aliphatic carbocycles. The lowest BCUT2D eigenvalue weighted by molar-refractivity contribution is 0.101. The Kier molecular flexibility index (Phi) is 5.43. The molecular weight excluding hydrogens is 326 g/mol. The molecule has 2 aromatic rings. The summed E-state index contributed by atoms with van der Waals surface area (Å²) in [7, 11) is 1.67. The van der Waals surface area contributed by atoms with Crippen molar-refractivity contribution in [3.05, 3.63) is 53.6 Å². The van der Waals surface area contributed by atoms with E-state index in [9.17, 15) is 10.1 Å². The number of rotatable bonds is 4. The number of hydrogen-bond acceptors (Lipinski definition) is 5. The van der Waals surface area contributed by atoms with Crippen molar-refractivity contribution in [3.63, 3.8) is 0 Å². The molecule has 0 unspecified atom stereocenters. The van der Waals surface area contributed by atoms with Crippen LogP contribution >= 0.6 is 0 Å². The van der Waals surface area contributed by atoms with E-state index in [1.165, 1.54) is 5.69 Å². The predicted octanol–water partition coefficient (Wildman–Crippen LogP) is 3.49. The molecule has 0 N–H and O–H groups in total. The summed E-state index contributed by atoms with van der Waals surface area (Å²) in [5.41, 5.74) is 3.30. The number of carbonyl (C=O) groups is 1. The monoisotopic (exact) mass is 349 g/mol. The minimum atomic E-state index is 0.0189. The Bertz CT molecular complexity index is 824. The molecule has 1 fully saturated rings. The van der Waals surface area contributed by atoms with Crippen molar-refractivity contribution >= 4 is 17.2 Å². The van der Waals surface area contributed by atoms with Crippen LogP contribution in [-0.2, 0) is 0 Å². The number of methoxy groups -OCH3 is 1. The van der Waals surface area contributed by atoms with E-state index in [1.807, 2.05) is 18.2 Å². The Morgan fingerprint density at radius 2 is 1.73 bits per heavy atom. The van der Waals surface area contributed by atoms with E-state index >= 15 is 0 Å². The Labute approximate surface area is 154 Å². The molecule has 0 radical (unpaired) electrons. The van der Waals surface area contributed by atoms with Gasteiger partial charge in [-0.15, -0.1) is 0 Å². The van der Waals surface area contributed by atoms with Gasteiger partial charge in [-0.2, -0.15) is 5.26 Å². The standard InChI is InChI=1S/C21H23N3O2/c1-16(25)17-4-5-18(15-22)21(14-17)24-11-3-10-23(12-13-24)19-6-8-20(26-2)9-7-19/h4-9,14H,3,10-13H2,1-2H3. The van der Waals surface area contributed by atoms with Crippen LogP contribution in [0.5, 0.6) is 5.75 Å². The van der Waals surface area contributed by atoms with Crippen LogP contribution in [-0.4, -0.2) is 39.1 Å². The lowest BCUT2D eigenvalue weighted by atomic mass is 10.1. The van der Waals surface area contributed by atoms with Crippen LogP contribution in [0.15, 0.2) is 42.5 Å². The van der Waals surface area contributed by atoms with Crippen molar-refractivity contribution in [1.82, 2.24) is 0 Å². The van der Waals surface area contributed by atoms with E-state index < -0.39 is 0 Å². The molecule has 1 aliphatic rings. The van der Waals surface area contributed by atoms with Crippen LogP contribution < -0.4 is 14.5 Å². The highest BCUT2D eigenvalue weighted by Crippen LogP contribution is 2.26. The number of ketones is 1. The average Bonchev–Trinajstić information content (AvgIpc) is 2.93. The first-order chi connectivity index (χ1) is 12.6. The zero-order chi connectivity index (χ0) is 18.5. The highest BCUT2D eigenvalue weighted by atomic mass is 16.5. The molecule has 0 spiro atoms. The Hall–Kier alpha value is -3.00. The van der Waals surface area contributed by atoms with Gasteiger partial charge in [0.25, 0.3) is 0 Å². The summed E-state index contributed by atoms with van der Waals surface area (Å²) in [6.07, 6.45) is 0.987. The molecule has 5 heteroatoms. The van der Waals surface area contributed by atoms with Crippen molar-refractivity contribution in [1.29, 1.82) is 5.26 Å². The summed E-state index contributed by atoms with van der Waals surface area (Å²) < 4.78 is 5.23. The van der Waals surface area contributed by atoms with Crippen LogP contribution in [0.4, 0.5) is 11.4 Å². The Morgan fingerprint density at radius 3 is 2.38 bits per heavy atom. The highest BCUT2D eigenvalue weighted by molar-refractivity contribution is 5.95. The normalized spacial score (nSPS) is 14.5. The lowest BCUT2D eigenvalue weighted by Crippen LogP contribution is -2.31. The summed E-state index contributed by atoms with van der Waals surface area (Å²) in [6.45, 7) is 5.04. The molecule has 5 nitrogen and oxygen atoms in total. The topological polar surface area (TPSA) is 56.6 Å². The van der Waals surface area contributed by atoms with Gasteiger partial charge >= 0.3 is 0 Å². The van der Waals surface area contributed by atoms with Crippen LogP contribution in [0, 0.1) is 11.3 Å². The van der Waals surface area contributed by atoms with Gasteiger partial charge in [-0.05, 0) is 55.8 Å². The quantitative estimate of drug-likeness (QED) is 0.791. The number of nitrogens with zero attached hydrogens (tertiary/aromatic N) is 3. The molecule has 134 valence electrons. The summed E-state index contributed by atoms with van der Waals surface area (Å²) in [5, 5.41) is 9.44. The number of ether oxygens (including phenoxy) is 1. The van der Waals surface area contributed by atoms with Gasteiger partial charge in [-0.25, -0.2) is 0 Å². The van der Waals surface area contributed by atoms with Crippen molar-refractivity contribution in [2.45, 2.75) is 13.3 Å². The molecule has 1 aliphatic heterocycles. The minimum absolute atomic E-state index is 0.0189. The zero-order valence-corrected chi connectivity index (χ0v) is 15.2. The number of carbonyl (C=O) groups excluding carboxylic acids is 1. The van der Waals surface area contributed by atoms with Crippen molar-refractivity contribution in [2.24, 2.45) is 0 Å². The largest absolute Gasteiger partial charge is 0.497 e. The number of hydrogen-bond donors (Lipinski definition) is 0. The summed E-state index contributed by atoms with van der Waals surface area (Å²) in [4.78, 5) is 16.3. The first kappa shape index (κ1) is 17.8. The molecule has 0 aromatic heterocycles. The van der Waals surface area contributed by atoms with Gasteiger partial charge in [0, 0.05) is 37.4 Å². The van der Waals surface area contributed by atoms with E-state index in [4.69, 9.17) is 4.74 Å². The summed E-state index contributed by atoms with van der Waals surface area (Å²) in [6, 6.07) is 15.7. The third-order valence-electron chi connectivity index (χ3n) is 4.80. The van der Waals surface area contributed by atoms with E-state index in [0.29, 0.717) is 11.1 Å². The second-order valence-electron chi connectivity index (χ2n) is 6.43. The Balaban J connectivity index is 1.79. The SMILES string of the molecule is COc1ccc(N2CCCN(c3cc(C(C)=O)ccc3C#N)CC2)cc1. The van der Waals surface area contributed by atoms with Gasteiger partial charge in [-0.1, -0.05) is 0 Å². The number of benzene rings is 2. The summed E-state index contributed by atoms with van der Waals surface area (Å²) >= 11 is 0. The number of nitriles is 1. The predicted molar refractivity (Wildman–Crippen MR) is 103 cm³/mol. The second-order valence-corrected chi connectivity index (χ2v) is 6.43. The fourth-order valence-corrected chi connectivity index (χ4v) is 3.32. The highest BCUT2D eigenvalue weighted by Gasteiger charge is 2.19. The first-order valence-corrected chi connectivity index (χ1v) is 8.81. The van der Waals surface area contributed by atoms with Crippen molar-refractivity contribution < 1.29 is 9.53 Å². The number of Topliss-reactive ketones (excluding diaryl/α,β-unsaturated/α-hetero) is 1. The fourth-order valence-electron chi connectivity index (χ4n) is 3.32. The molecule has 3 rings (SSSR count). The van der Waals surface area contributed by atoms with Gasteiger partial charge < -0.3 is 14.5 Å². The minimum Gasteiger partial charge on any atom is -0.497 e. The summed E-state index contributed by atoms with van der Waals surface area (Å²) in [5.74, 6) is 0.871. The smallest absolute Gasteiger partial charge is 0.159 e. The lowest BCUT2D eigenvalue weighted by Gasteiger charge is -2.26. The van der Waals surface area contributed by atoms with Gasteiger partial charge in [-0.3, -0.25) is 4.79 Å². The molecule has 1 saturated heterocycles. The van der Waals surface area contributed by atoms with Crippen LogP contribution in [0.25, 0.3) is 0 Å². The van der Waals surface area contributed by atoms with E-state index in [-0.39, 0.29) is 5.78 Å². The fraction of sp³-hybridized carbons (Fsp3) is 0.333. The van der Waals surface area contributed by atoms with Crippen LogP contribution in [0.1, 0.15) is 29.3 Å². The maximum atomic E-state index is 11.7.